The molecule has 0 spiro atoms. The lowest BCUT2D eigenvalue weighted by atomic mass is 9.89. The second-order valence-corrected chi connectivity index (χ2v) is 5.46. The third-order valence-corrected chi connectivity index (χ3v) is 4.06. The van der Waals surface area contributed by atoms with Crippen LogP contribution < -0.4 is 5.73 Å². The van der Waals surface area contributed by atoms with Gasteiger partial charge in [-0.3, -0.25) is 4.98 Å². The molecule has 2 N–H and O–H groups in total. The highest BCUT2D eigenvalue weighted by molar-refractivity contribution is 7.13. The molecular formula is C12H15N5S. The highest BCUT2D eigenvalue weighted by Crippen LogP contribution is 2.31. The van der Waals surface area contributed by atoms with Gasteiger partial charge in [0.05, 0.1) is 10.4 Å². The van der Waals surface area contributed by atoms with Gasteiger partial charge in [-0.1, -0.05) is 19.3 Å². The van der Waals surface area contributed by atoms with E-state index in [1.165, 1.54) is 30.6 Å². The van der Waals surface area contributed by atoms with Crippen molar-refractivity contribution in [2.45, 2.75) is 38.0 Å². The molecule has 3 rings (SSSR count). The molecule has 6 heteroatoms. The first kappa shape index (κ1) is 11.5. The van der Waals surface area contributed by atoms with Crippen LogP contribution in [-0.2, 0) is 0 Å². The molecular weight excluding hydrogens is 246 g/mol. The second kappa shape index (κ2) is 4.97. The van der Waals surface area contributed by atoms with Gasteiger partial charge in [-0.2, -0.15) is 9.97 Å². The van der Waals surface area contributed by atoms with Gasteiger partial charge >= 0.3 is 0 Å². The number of nitrogens with zero attached hydrogens (tertiary/aromatic N) is 4. The summed E-state index contributed by atoms with van der Waals surface area (Å²) < 4.78 is 0. The Bertz CT molecular complexity index is 519. The van der Waals surface area contributed by atoms with E-state index >= 15 is 0 Å². The zero-order chi connectivity index (χ0) is 12.4. The number of aromatic nitrogens is 4. The largest absolute Gasteiger partial charge is 0.368 e. The molecule has 0 bridgehead atoms. The topological polar surface area (TPSA) is 77.6 Å². The maximum absolute atomic E-state index is 5.79. The molecule has 1 aliphatic carbocycles. The Morgan fingerprint density at radius 3 is 2.67 bits per heavy atom. The molecule has 2 aromatic heterocycles. The monoisotopic (exact) mass is 261 g/mol. The third-order valence-electron chi connectivity index (χ3n) is 3.29. The number of nitrogen functional groups attached to an aromatic ring is 1. The molecule has 2 aromatic rings. The van der Waals surface area contributed by atoms with Gasteiger partial charge < -0.3 is 5.73 Å². The molecule has 2 heterocycles. The Morgan fingerprint density at radius 1 is 1.11 bits per heavy atom. The first-order valence-corrected chi connectivity index (χ1v) is 7.11. The van der Waals surface area contributed by atoms with Gasteiger partial charge in [-0.15, -0.1) is 11.3 Å². The minimum Gasteiger partial charge on any atom is -0.368 e. The van der Waals surface area contributed by atoms with Crippen molar-refractivity contribution >= 4 is 17.3 Å². The standard InChI is InChI=1S/C12H15N5S/c13-12-16-10(8-4-2-1-3-5-8)15-11(17-12)9-6-14-7-18-9/h6-8H,1-5H2,(H2,13,15,16,17). The summed E-state index contributed by atoms with van der Waals surface area (Å²) in [7, 11) is 0. The molecule has 1 saturated carbocycles. The van der Waals surface area contributed by atoms with Crippen LogP contribution in [-0.4, -0.2) is 19.9 Å². The highest BCUT2D eigenvalue weighted by Gasteiger charge is 2.20. The van der Waals surface area contributed by atoms with Gasteiger partial charge in [0, 0.05) is 12.1 Å². The molecule has 0 unspecified atom stereocenters. The average Bonchev–Trinajstić information content (AvgIpc) is 2.93. The van der Waals surface area contributed by atoms with Crippen molar-refractivity contribution in [2.24, 2.45) is 0 Å². The molecule has 94 valence electrons. The lowest BCUT2D eigenvalue weighted by Crippen LogP contribution is -2.12. The van der Waals surface area contributed by atoms with E-state index < -0.39 is 0 Å². The van der Waals surface area contributed by atoms with Crippen LogP contribution >= 0.6 is 11.3 Å². The molecule has 0 atom stereocenters. The number of thiazole rings is 1. The smallest absolute Gasteiger partial charge is 0.223 e. The molecule has 1 aliphatic rings. The zero-order valence-corrected chi connectivity index (χ0v) is 10.9. The molecule has 0 saturated heterocycles. The predicted molar refractivity (Wildman–Crippen MR) is 71.2 cm³/mol. The molecule has 0 radical (unpaired) electrons. The van der Waals surface area contributed by atoms with Crippen molar-refractivity contribution < 1.29 is 0 Å². The molecule has 0 amide bonds. The molecule has 5 nitrogen and oxygen atoms in total. The number of rotatable bonds is 2. The van der Waals surface area contributed by atoms with Crippen LogP contribution in [0, 0.1) is 0 Å². The third kappa shape index (κ3) is 2.33. The summed E-state index contributed by atoms with van der Waals surface area (Å²) in [6.45, 7) is 0. The predicted octanol–water partition coefficient (Wildman–Crippen LogP) is 2.63. The molecule has 0 aliphatic heterocycles. The zero-order valence-electron chi connectivity index (χ0n) is 10.0. The molecule has 0 aromatic carbocycles. The maximum Gasteiger partial charge on any atom is 0.223 e. The van der Waals surface area contributed by atoms with Crippen molar-refractivity contribution in [3.63, 3.8) is 0 Å². The fourth-order valence-corrected chi connectivity index (χ4v) is 2.94. The lowest BCUT2D eigenvalue weighted by molar-refractivity contribution is 0.428. The van der Waals surface area contributed by atoms with E-state index in [9.17, 15) is 0 Å². The van der Waals surface area contributed by atoms with Crippen LogP contribution in [0.15, 0.2) is 11.7 Å². The summed E-state index contributed by atoms with van der Waals surface area (Å²) in [4.78, 5) is 18.1. The van der Waals surface area contributed by atoms with E-state index in [1.807, 2.05) is 0 Å². The lowest BCUT2D eigenvalue weighted by Gasteiger charge is -2.20. The molecule has 1 fully saturated rings. The number of hydrogen-bond donors (Lipinski definition) is 1. The van der Waals surface area contributed by atoms with Gasteiger partial charge in [0.25, 0.3) is 0 Å². The van der Waals surface area contributed by atoms with Crippen molar-refractivity contribution in [3.8, 4) is 10.7 Å². The minimum absolute atomic E-state index is 0.314. The van der Waals surface area contributed by atoms with Crippen LogP contribution in [0.2, 0.25) is 0 Å². The van der Waals surface area contributed by atoms with Crippen LogP contribution in [0.4, 0.5) is 5.95 Å². The van der Waals surface area contributed by atoms with E-state index in [0.29, 0.717) is 17.7 Å². The van der Waals surface area contributed by atoms with E-state index in [1.54, 1.807) is 11.7 Å². The van der Waals surface area contributed by atoms with Crippen molar-refractivity contribution in [2.75, 3.05) is 5.73 Å². The van der Waals surface area contributed by atoms with Gasteiger partial charge in [-0.05, 0) is 12.8 Å². The van der Waals surface area contributed by atoms with Crippen LogP contribution in [0.3, 0.4) is 0 Å². The van der Waals surface area contributed by atoms with E-state index in [4.69, 9.17) is 5.73 Å². The van der Waals surface area contributed by atoms with Crippen LogP contribution in [0.1, 0.15) is 43.8 Å². The summed E-state index contributed by atoms with van der Waals surface area (Å²) in [6, 6.07) is 0. The Hall–Kier alpha value is -1.56. The van der Waals surface area contributed by atoms with Gasteiger partial charge in [0.15, 0.2) is 5.82 Å². The van der Waals surface area contributed by atoms with Gasteiger partial charge in [0.1, 0.15) is 5.82 Å². The minimum atomic E-state index is 0.314. The Labute approximate surface area is 110 Å². The van der Waals surface area contributed by atoms with Crippen LogP contribution in [0.5, 0.6) is 0 Å². The normalized spacial score (nSPS) is 16.9. The van der Waals surface area contributed by atoms with Crippen molar-refractivity contribution in [3.05, 3.63) is 17.5 Å². The Morgan fingerprint density at radius 2 is 1.94 bits per heavy atom. The summed E-state index contributed by atoms with van der Waals surface area (Å²) in [5.74, 6) is 2.26. The van der Waals surface area contributed by atoms with Gasteiger partial charge in [-0.25, -0.2) is 4.98 Å². The Balaban J connectivity index is 1.95. The quantitative estimate of drug-likeness (QED) is 0.899. The van der Waals surface area contributed by atoms with Crippen molar-refractivity contribution in [1.29, 1.82) is 0 Å². The highest BCUT2D eigenvalue weighted by atomic mass is 32.1. The number of anilines is 1. The van der Waals surface area contributed by atoms with E-state index in [0.717, 1.165) is 23.5 Å². The fraction of sp³-hybridized carbons (Fsp3) is 0.500. The number of nitrogens with two attached hydrogens (primary N) is 1. The van der Waals surface area contributed by atoms with E-state index in [2.05, 4.69) is 19.9 Å². The second-order valence-electron chi connectivity index (χ2n) is 4.58. The van der Waals surface area contributed by atoms with E-state index in [-0.39, 0.29) is 0 Å². The SMILES string of the molecule is Nc1nc(-c2cncs2)nc(C2CCCCC2)n1. The van der Waals surface area contributed by atoms with Crippen molar-refractivity contribution in [1.82, 2.24) is 19.9 Å². The fourth-order valence-electron chi connectivity index (χ4n) is 2.39. The van der Waals surface area contributed by atoms with Crippen LogP contribution in [0.25, 0.3) is 10.7 Å². The molecule has 18 heavy (non-hydrogen) atoms. The average molecular weight is 261 g/mol. The van der Waals surface area contributed by atoms with Gasteiger partial charge in [0.2, 0.25) is 5.95 Å². The number of hydrogen-bond acceptors (Lipinski definition) is 6. The first-order valence-electron chi connectivity index (χ1n) is 6.23. The maximum atomic E-state index is 5.79. The summed E-state index contributed by atoms with van der Waals surface area (Å²) in [5.41, 5.74) is 7.57. The first-order chi connectivity index (χ1) is 8.83. The summed E-state index contributed by atoms with van der Waals surface area (Å²) in [5, 5.41) is 0. The Kier molecular flexibility index (Phi) is 3.19. The summed E-state index contributed by atoms with van der Waals surface area (Å²) in [6.07, 6.45) is 7.91. The summed E-state index contributed by atoms with van der Waals surface area (Å²) >= 11 is 1.52.